The maximum absolute atomic E-state index is 12.3. The van der Waals surface area contributed by atoms with Crippen molar-refractivity contribution in [2.75, 3.05) is 18.2 Å². The van der Waals surface area contributed by atoms with Crippen LogP contribution in [0.5, 0.6) is 0 Å². The molecule has 0 spiro atoms. The van der Waals surface area contributed by atoms with Gasteiger partial charge in [0.05, 0.1) is 5.56 Å². The number of hydrogen-bond donors (Lipinski definition) is 1. The molecule has 4 nitrogen and oxygen atoms in total. The topological polar surface area (TPSA) is 55.4 Å². The third-order valence-electron chi connectivity index (χ3n) is 4.19. The van der Waals surface area contributed by atoms with Crippen molar-refractivity contribution in [3.05, 3.63) is 95.6 Å². The maximum Gasteiger partial charge on any atom is 0.338 e. The zero-order valence-corrected chi connectivity index (χ0v) is 16.4. The van der Waals surface area contributed by atoms with Crippen LogP contribution in [0.15, 0.2) is 83.8 Å². The first-order chi connectivity index (χ1) is 13.7. The number of esters is 1. The van der Waals surface area contributed by atoms with E-state index in [0.29, 0.717) is 12.0 Å². The largest absolute Gasteiger partial charge is 0.452 e. The number of rotatable bonds is 7. The summed E-state index contributed by atoms with van der Waals surface area (Å²) in [4.78, 5) is 25.4. The molecule has 5 heteroatoms. The van der Waals surface area contributed by atoms with Crippen molar-refractivity contribution in [3.63, 3.8) is 0 Å². The molecule has 1 amide bonds. The lowest BCUT2D eigenvalue weighted by Gasteiger charge is -2.11. The molecule has 142 valence electrons. The van der Waals surface area contributed by atoms with E-state index in [1.54, 1.807) is 23.9 Å². The van der Waals surface area contributed by atoms with Crippen LogP contribution >= 0.6 is 11.8 Å². The fourth-order valence-electron chi connectivity index (χ4n) is 2.74. The molecular weight excluding hydrogens is 370 g/mol. The summed E-state index contributed by atoms with van der Waals surface area (Å²) in [6.45, 7) is -0.331. The number of thioether (sulfide) groups is 1. The first-order valence-electron chi connectivity index (χ1n) is 8.88. The standard InChI is InChI=1S/C23H21NO3S/c1-28-20-13-11-18(12-14-20)23(26)27-16-22(25)24-21-10-6-5-9-19(21)15-17-7-3-2-4-8-17/h2-14H,15-16H2,1H3,(H,24,25). The highest BCUT2D eigenvalue weighted by molar-refractivity contribution is 7.98. The smallest absolute Gasteiger partial charge is 0.338 e. The van der Waals surface area contributed by atoms with Crippen molar-refractivity contribution in [2.45, 2.75) is 11.3 Å². The Morgan fingerprint density at radius 1 is 0.893 bits per heavy atom. The molecule has 0 aliphatic rings. The van der Waals surface area contributed by atoms with Gasteiger partial charge in [-0.05, 0) is 54.1 Å². The number of nitrogens with one attached hydrogen (secondary N) is 1. The van der Waals surface area contributed by atoms with E-state index in [9.17, 15) is 9.59 Å². The van der Waals surface area contributed by atoms with Gasteiger partial charge in [0.15, 0.2) is 6.61 Å². The molecule has 0 saturated carbocycles. The minimum absolute atomic E-state index is 0.331. The lowest BCUT2D eigenvalue weighted by atomic mass is 10.0. The van der Waals surface area contributed by atoms with Crippen molar-refractivity contribution in [3.8, 4) is 0 Å². The predicted octanol–water partition coefficient (Wildman–Crippen LogP) is 4.79. The first kappa shape index (κ1) is 19.7. The Balaban J connectivity index is 1.58. The van der Waals surface area contributed by atoms with Crippen LogP contribution in [0.1, 0.15) is 21.5 Å². The van der Waals surface area contributed by atoms with E-state index < -0.39 is 5.97 Å². The van der Waals surface area contributed by atoms with Gasteiger partial charge in [-0.2, -0.15) is 0 Å². The van der Waals surface area contributed by atoms with Crippen molar-refractivity contribution >= 4 is 29.3 Å². The van der Waals surface area contributed by atoms with E-state index in [2.05, 4.69) is 5.32 Å². The maximum atomic E-state index is 12.3. The minimum Gasteiger partial charge on any atom is -0.452 e. The fourth-order valence-corrected chi connectivity index (χ4v) is 3.15. The SMILES string of the molecule is CSc1ccc(C(=O)OCC(=O)Nc2ccccc2Cc2ccccc2)cc1. The van der Waals surface area contributed by atoms with Crippen LogP contribution in [0, 0.1) is 0 Å². The van der Waals surface area contributed by atoms with E-state index in [-0.39, 0.29) is 12.5 Å². The lowest BCUT2D eigenvalue weighted by Crippen LogP contribution is -2.21. The van der Waals surface area contributed by atoms with Crippen LogP contribution in [0.2, 0.25) is 0 Å². The molecule has 0 aromatic heterocycles. The number of amides is 1. The Hall–Kier alpha value is -3.05. The van der Waals surface area contributed by atoms with Gasteiger partial charge in [-0.15, -0.1) is 11.8 Å². The molecule has 3 rings (SSSR count). The van der Waals surface area contributed by atoms with E-state index >= 15 is 0 Å². The van der Waals surface area contributed by atoms with Gasteiger partial charge in [-0.3, -0.25) is 4.79 Å². The van der Waals surface area contributed by atoms with Crippen LogP contribution in [-0.2, 0) is 16.0 Å². The molecule has 0 atom stereocenters. The van der Waals surface area contributed by atoms with E-state index in [0.717, 1.165) is 21.7 Å². The van der Waals surface area contributed by atoms with Crippen LogP contribution in [-0.4, -0.2) is 24.7 Å². The number of carbonyl (C=O) groups excluding carboxylic acids is 2. The molecule has 0 aliphatic carbocycles. The van der Waals surface area contributed by atoms with Gasteiger partial charge < -0.3 is 10.1 Å². The van der Waals surface area contributed by atoms with Crippen molar-refractivity contribution < 1.29 is 14.3 Å². The van der Waals surface area contributed by atoms with Crippen molar-refractivity contribution in [1.82, 2.24) is 0 Å². The van der Waals surface area contributed by atoms with Gasteiger partial charge in [0, 0.05) is 10.6 Å². The Morgan fingerprint density at radius 2 is 1.57 bits per heavy atom. The molecule has 28 heavy (non-hydrogen) atoms. The normalized spacial score (nSPS) is 10.3. The molecule has 0 radical (unpaired) electrons. The van der Waals surface area contributed by atoms with Crippen LogP contribution in [0.25, 0.3) is 0 Å². The zero-order chi connectivity index (χ0) is 19.8. The molecule has 3 aromatic carbocycles. The van der Waals surface area contributed by atoms with Gasteiger partial charge in [0.2, 0.25) is 0 Å². The van der Waals surface area contributed by atoms with Crippen LogP contribution in [0.4, 0.5) is 5.69 Å². The second kappa shape index (κ2) is 9.76. The highest BCUT2D eigenvalue weighted by Crippen LogP contribution is 2.19. The second-order valence-corrected chi connectivity index (χ2v) is 7.05. The average Bonchev–Trinajstić information content (AvgIpc) is 2.74. The Bertz CT molecular complexity index is 940. The number of para-hydroxylation sites is 1. The molecule has 0 saturated heterocycles. The van der Waals surface area contributed by atoms with Gasteiger partial charge in [0.1, 0.15) is 0 Å². The highest BCUT2D eigenvalue weighted by atomic mass is 32.2. The average molecular weight is 391 g/mol. The van der Waals surface area contributed by atoms with E-state index in [4.69, 9.17) is 4.74 Å². The van der Waals surface area contributed by atoms with E-state index in [1.807, 2.05) is 73.0 Å². The van der Waals surface area contributed by atoms with Gasteiger partial charge in [-0.25, -0.2) is 4.79 Å². The summed E-state index contributed by atoms with van der Waals surface area (Å²) in [7, 11) is 0. The van der Waals surface area contributed by atoms with Gasteiger partial charge in [0.25, 0.3) is 5.91 Å². The molecule has 0 fully saturated rings. The summed E-state index contributed by atoms with van der Waals surface area (Å²) < 4.78 is 5.14. The number of anilines is 1. The Labute approximate surface area is 168 Å². The molecule has 1 N–H and O–H groups in total. The molecule has 3 aromatic rings. The highest BCUT2D eigenvalue weighted by Gasteiger charge is 2.12. The molecule has 0 aliphatic heterocycles. The lowest BCUT2D eigenvalue weighted by molar-refractivity contribution is -0.119. The van der Waals surface area contributed by atoms with Gasteiger partial charge in [-0.1, -0.05) is 48.5 Å². The monoisotopic (exact) mass is 391 g/mol. The summed E-state index contributed by atoms with van der Waals surface area (Å²) in [5.74, 6) is -0.880. The summed E-state index contributed by atoms with van der Waals surface area (Å²) >= 11 is 1.59. The van der Waals surface area contributed by atoms with Gasteiger partial charge >= 0.3 is 5.97 Å². The Morgan fingerprint density at radius 3 is 2.29 bits per heavy atom. The third-order valence-corrected chi connectivity index (χ3v) is 4.93. The van der Waals surface area contributed by atoms with Crippen LogP contribution < -0.4 is 5.32 Å². The fraction of sp³-hybridized carbons (Fsp3) is 0.130. The van der Waals surface area contributed by atoms with Crippen molar-refractivity contribution in [1.29, 1.82) is 0 Å². The quantitative estimate of drug-likeness (QED) is 0.465. The molecule has 0 unspecified atom stereocenters. The second-order valence-electron chi connectivity index (χ2n) is 6.17. The summed E-state index contributed by atoms with van der Waals surface area (Å²) in [6.07, 6.45) is 2.67. The molecule has 0 bridgehead atoms. The number of ether oxygens (including phenoxy) is 1. The predicted molar refractivity (Wildman–Crippen MR) is 113 cm³/mol. The number of carbonyl (C=O) groups is 2. The summed E-state index contributed by atoms with van der Waals surface area (Å²) in [6, 6.07) is 24.7. The summed E-state index contributed by atoms with van der Waals surface area (Å²) in [5, 5.41) is 2.84. The van der Waals surface area contributed by atoms with Crippen LogP contribution in [0.3, 0.4) is 0 Å². The minimum atomic E-state index is -0.514. The Kier molecular flexibility index (Phi) is 6.87. The molecule has 0 heterocycles. The first-order valence-corrected chi connectivity index (χ1v) is 10.1. The number of benzene rings is 3. The third kappa shape index (κ3) is 5.47. The molecular formula is C23H21NO3S. The zero-order valence-electron chi connectivity index (χ0n) is 15.6. The van der Waals surface area contributed by atoms with Crippen molar-refractivity contribution in [2.24, 2.45) is 0 Å². The van der Waals surface area contributed by atoms with E-state index in [1.165, 1.54) is 0 Å². The number of hydrogen-bond acceptors (Lipinski definition) is 4. The summed E-state index contributed by atoms with van der Waals surface area (Å²) in [5.41, 5.74) is 3.30.